The molecular weight excluding hydrogens is 268 g/mol. The van der Waals surface area contributed by atoms with Gasteiger partial charge in [-0.15, -0.1) is 0 Å². The molecule has 20 heavy (non-hydrogen) atoms. The van der Waals surface area contributed by atoms with Gasteiger partial charge in [-0.3, -0.25) is 0 Å². The van der Waals surface area contributed by atoms with Crippen molar-refractivity contribution in [3.05, 3.63) is 64.7 Å². The number of aryl methyl sites for hydroxylation is 1. The van der Waals surface area contributed by atoms with Gasteiger partial charge in [-0.25, -0.2) is 0 Å². The lowest BCUT2D eigenvalue weighted by Crippen LogP contribution is -2.24. The Morgan fingerprint density at radius 2 is 1.90 bits per heavy atom. The molecule has 0 aliphatic rings. The third-order valence-electron chi connectivity index (χ3n) is 3.30. The van der Waals surface area contributed by atoms with E-state index in [0.29, 0.717) is 0 Å². The molecule has 1 N–H and O–H groups in total. The van der Waals surface area contributed by atoms with Crippen molar-refractivity contribution in [1.82, 2.24) is 4.90 Å². The van der Waals surface area contributed by atoms with Crippen LogP contribution < -0.4 is 5.32 Å². The summed E-state index contributed by atoms with van der Waals surface area (Å²) in [5.41, 5.74) is 3.74. The van der Waals surface area contributed by atoms with Crippen molar-refractivity contribution in [2.24, 2.45) is 0 Å². The highest BCUT2D eigenvalue weighted by molar-refractivity contribution is 6.30. The monoisotopic (exact) mass is 288 g/mol. The molecule has 0 aliphatic heterocycles. The lowest BCUT2D eigenvalue weighted by atomic mass is 10.2. The molecule has 0 amide bonds. The van der Waals surface area contributed by atoms with Crippen LogP contribution in [0, 0.1) is 6.92 Å². The van der Waals surface area contributed by atoms with Crippen LogP contribution in [0.25, 0.3) is 0 Å². The Morgan fingerprint density at radius 3 is 2.65 bits per heavy atom. The minimum absolute atomic E-state index is 0.800. The van der Waals surface area contributed by atoms with Gasteiger partial charge in [-0.1, -0.05) is 41.9 Å². The van der Waals surface area contributed by atoms with Crippen LogP contribution in [0.2, 0.25) is 5.02 Å². The van der Waals surface area contributed by atoms with Crippen LogP contribution >= 0.6 is 11.6 Å². The van der Waals surface area contributed by atoms with Crippen molar-refractivity contribution in [2.75, 3.05) is 25.5 Å². The molecule has 3 heteroatoms. The smallest absolute Gasteiger partial charge is 0.0409 e. The van der Waals surface area contributed by atoms with Gasteiger partial charge in [0.05, 0.1) is 0 Å². The quantitative estimate of drug-likeness (QED) is 0.857. The van der Waals surface area contributed by atoms with E-state index in [2.05, 4.69) is 54.5 Å². The Kier molecular flexibility index (Phi) is 5.45. The van der Waals surface area contributed by atoms with Crippen LogP contribution in [0.5, 0.6) is 0 Å². The molecule has 0 bridgehead atoms. The third kappa shape index (κ3) is 4.55. The Bertz CT molecular complexity index is 554. The standard InChI is InChI=1S/C17H21ClN2/c1-14-6-3-4-9-17(14)19-10-11-20(2)13-15-7-5-8-16(18)12-15/h3-9,12,19H,10-11,13H2,1-2H3. The number of halogens is 1. The molecule has 2 aromatic rings. The first-order chi connectivity index (χ1) is 9.65. The van der Waals surface area contributed by atoms with Crippen molar-refractivity contribution < 1.29 is 0 Å². The summed E-state index contributed by atoms with van der Waals surface area (Å²) in [5.74, 6) is 0. The van der Waals surface area contributed by atoms with E-state index in [-0.39, 0.29) is 0 Å². The van der Waals surface area contributed by atoms with E-state index in [9.17, 15) is 0 Å². The van der Waals surface area contributed by atoms with Crippen LogP contribution in [0.1, 0.15) is 11.1 Å². The normalized spacial score (nSPS) is 10.8. The molecule has 0 heterocycles. The molecule has 0 radical (unpaired) electrons. The second-order valence-electron chi connectivity index (χ2n) is 5.11. The van der Waals surface area contributed by atoms with Gasteiger partial charge in [0, 0.05) is 30.3 Å². The maximum absolute atomic E-state index is 6.00. The zero-order valence-electron chi connectivity index (χ0n) is 12.1. The van der Waals surface area contributed by atoms with Crippen LogP contribution in [-0.2, 0) is 6.54 Å². The molecule has 0 unspecified atom stereocenters. The Hall–Kier alpha value is -1.51. The van der Waals surface area contributed by atoms with E-state index in [1.807, 2.05) is 18.2 Å². The highest BCUT2D eigenvalue weighted by Crippen LogP contribution is 2.13. The van der Waals surface area contributed by atoms with E-state index in [0.717, 1.165) is 24.7 Å². The van der Waals surface area contributed by atoms with Gasteiger partial charge in [0.15, 0.2) is 0 Å². The zero-order chi connectivity index (χ0) is 14.4. The predicted octanol–water partition coefficient (Wildman–Crippen LogP) is 4.19. The Balaban J connectivity index is 1.78. The molecule has 2 nitrogen and oxygen atoms in total. The van der Waals surface area contributed by atoms with E-state index >= 15 is 0 Å². The minimum atomic E-state index is 0.800. The van der Waals surface area contributed by atoms with Gasteiger partial charge in [0.1, 0.15) is 0 Å². The van der Waals surface area contributed by atoms with Gasteiger partial charge >= 0.3 is 0 Å². The topological polar surface area (TPSA) is 15.3 Å². The first-order valence-electron chi connectivity index (χ1n) is 6.87. The third-order valence-corrected chi connectivity index (χ3v) is 3.53. The molecule has 0 atom stereocenters. The fourth-order valence-corrected chi connectivity index (χ4v) is 2.39. The molecule has 0 aromatic heterocycles. The fraction of sp³-hybridized carbons (Fsp3) is 0.294. The number of benzene rings is 2. The van der Waals surface area contributed by atoms with Crippen LogP contribution in [0.4, 0.5) is 5.69 Å². The van der Waals surface area contributed by atoms with Crippen LogP contribution in [-0.4, -0.2) is 25.0 Å². The largest absolute Gasteiger partial charge is 0.384 e. The summed E-state index contributed by atoms with van der Waals surface area (Å²) in [4.78, 5) is 2.29. The molecule has 2 aromatic carbocycles. The van der Waals surface area contributed by atoms with Gasteiger partial charge < -0.3 is 10.2 Å². The summed E-state index contributed by atoms with van der Waals surface area (Å²) in [6.45, 7) is 4.96. The van der Waals surface area contributed by atoms with Crippen LogP contribution in [0.15, 0.2) is 48.5 Å². The van der Waals surface area contributed by atoms with Gasteiger partial charge in [0.2, 0.25) is 0 Å². The Morgan fingerprint density at radius 1 is 1.10 bits per heavy atom. The number of hydrogen-bond acceptors (Lipinski definition) is 2. The number of nitrogens with zero attached hydrogens (tertiary/aromatic N) is 1. The number of likely N-dealkylation sites (N-methyl/N-ethyl adjacent to an activating group) is 1. The summed E-state index contributed by atoms with van der Waals surface area (Å²) >= 11 is 6.00. The Labute approximate surface area is 126 Å². The highest BCUT2D eigenvalue weighted by atomic mass is 35.5. The first-order valence-corrected chi connectivity index (χ1v) is 7.25. The second kappa shape index (κ2) is 7.32. The molecule has 2 rings (SSSR count). The van der Waals surface area contributed by atoms with E-state index in [4.69, 9.17) is 11.6 Å². The van der Waals surface area contributed by atoms with Gasteiger partial charge in [-0.2, -0.15) is 0 Å². The van der Waals surface area contributed by atoms with Crippen molar-refractivity contribution in [1.29, 1.82) is 0 Å². The van der Waals surface area contributed by atoms with E-state index in [1.54, 1.807) is 0 Å². The summed E-state index contributed by atoms with van der Waals surface area (Å²) in [5, 5.41) is 4.27. The lowest BCUT2D eigenvalue weighted by Gasteiger charge is -2.18. The second-order valence-corrected chi connectivity index (χ2v) is 5.55. The molecule has 0 spiro atoms. The zero-order valence-corrected chi connectivity index (χ0v) is 12.8. The van der Waals surface area contributed by atoms with Crippen molar-refractivity contribution in [3.63, 3.8) is 0 Å². The minimum Gasteiger partial charge on any atom is -0.384 e. The van der Waals surface area contributed by atoms with Crippen molar-refractivity contribution >= 4 is 17.3 Å². The number of rotatable bonds is 6. The summed E-state index contributed by atoms with van der Waals surface area (Å²) in [7, 11) is 2.13. The number of hydrogen-bond donors (Lipinski definition) is 1. The molecule has 0 saturated carbocycles. The maximum atomic E-state index is 6.00. The SMILES string of the molecule is Cc1ccccc1NCCN(C)Cc1cccc(Cl)c1. The van der Waals surface area contributed by atoms with E-state index in [1.165, 1.54) is 16.8 Å². The first kappa shape index (κ1) is 14.9. The van der Waals surface area contributed by atoms with Gasteiger partial charge in [0.25, 0.3) is 0 Å². The van der Waals surface area contributed by atoms with Gasteiger partial charge in [-0.05, 0) is 43.3 Å². The van der Waals surface area contributed by atoms with E-state index < -0.39 is 0 Å². The number of para-hydroxylation sites is 1. The van der Waals surface area contributed by atoms with Crippen LogP contribution in [0.3, 0.4) is 0 Å². The summed E-state index contributed by atoms with van der Waals surface area (Å²) in [6, 6.07) is 16.4. The number of anilines is 1. The molecular formula is C17H21ClN2. The van der Waals surface area contributed by atoms with Crippen molar-refractivity contribution in [2.45, 2.75) is 13.5 Å². The average Bonchev–Trinajstić information content (AvgIpc) is 2.41. The van der Waals surface area contributed by atoms with Crippen molar-refractivity contribution in [3.8, 4) is 0 Å². The highest BCUT2D eigenvalue weighted by Gasteiger charge is 2.01. The maximum Gasteiger partial charge on any atom is 0.0409 e. The molecule has 0 fully saturated rings. The molecule has 0 saturated heterocycles. The molecule has 0 aliphatic carbocycles. The average molecular weight is 289 g/mol. The predicted molar refractivity (Wildman–Crippen MR) is 87.5 cm³/mol. The summed E-state index contributed by atoms with van der Waals surface area (Å²) in [6.07, 6.45) is 0. The molecule has 106 valence electrons. The summed E-state index contributed by atoms with van der Waals surface area (Å²) < 4.78 is 0. The lowest BCUT2D eigenvalue weighted by molar-refractivity contribution is 0.340. The number of nitrogens with one attached hydrogen (secondary N) is 1. The fourth-order valence-electron chi connectivity index (χ4n) is 2.18.